The number of amides is 1. The zero-order valence-corrected chi connectivity index (χ0v) is 13.7. The Morgan fingerprint density at radius 1 is 1.04 bits per heavy atom. The van der Waals surface area contributed by atoms with Crippen LogP contribution in [0, 0.1) is 11.8 Å². The summed E-state index contributed by atoms with van der Waals surface area (Å²) in [5.74, 6) is 2.59. The van der Waals surface area contributed by atoms with Crippen molar-refractivity contribution in [2.75, 3.05) is 31.1 Å². The van der Waals surface area contributed by atoms with Gasteiger partial charge >= 0.3 is 0 Å². The van der Waals surface area contributed by atoms with Gasteiger partial charge in [0.15, 0.2) is 5.76 Å². The van der Waals surface area contributed by atoms with Gasteiger partial charge in [0.05, 0.1) is 6.26 Å². The summed E-state index contributed by atoms with van der Waals surface area (Å²) in [7, 11) is 0. The SMILES string of the molecule is O=C(c1ccco1)N1CCC(C2CCN(c3ncccn3)CC2)C1. The van der Waals surface area contributed by atoms with Crippen molar-refractivity contribution in [2.45, 2.75) is 19.3 Å². The van der Waals surface area contributed by atoms with Gasteiger partial charge in [-0.3, -0.25) is 4.79 Å². The van der Waals surface area contributed by atoms with E-state index in [1.54, 1.807) is 30.8 Å². The quantitative estimate of drug-likeness (QED) is 0.867. The molecule has 0 aromatic carbocycles. The first kappa shape index (κ1) is 15.2. The number of hydrogen-bond acceptors (Lipinski definition) is 5. The summed E-state index contributed by atoms with van der Waals surface area (Å²) in [5.41, 5.74) is 0. The summed E-state index contributed by atoms with van der Waals surface area (Å²) in [5, 5.41) is 0. The van der Waals surface area contributed by atoms with Gasteiger partial charge in [-0.25, -0.2) is 9.97 Å². The number of furan rings is 1. The zero-order chi connectivity index (χ0) is 16.4. The Balaban J connectivity index is 1.31. The molecule has 2 aromatic rings. The lowest BCUT2D eigenvalue weighted by Crippen LogP contribution is -2.38. The molecule has 1 atom stereocenters. The lowest BCUT2D eigenvalue weighted by molar-refractivity contribution is 0.0749. The van der Waals surface area contributed by atoms with Crippen molar-refractivity contribution in [3.8, 4) is 0 Å². The molecule has 2 fully saturated rings. The number of nitrogens with zero attached hydrogens (tertiary/aromatic N) is 4. The van der Waals surface area contributed by atoms with Crippen LogP contribution in [-0.2, 0) is 0 Å². The van der Waals surface area contributed by atoms with Crippen LogP contribution >= 0.6 is 0 Å². The molecule has 126 valence electrons. The van der Waals surface area contributed by atoms with Gasteiger partial charge in [0.25, 0.3) is 5.91 Å². The molecule has 6 heteroatoms. The molecule has 1 amide bonds. The smallest absolute Gasteiger partial charge is 0.289 e. The molecule has 0 bridgehead atoms. The van der Waals surface area contributed by atoms with Gasteiger partial charge < -0.3 is 14.2 Å². The fraction of sp³-hybridized carbons (Fsp3) is 0.500. The summed E-state index contributed by atoms with van der Waals surface area (Å²) >= 11 is 0. The van der Waals surface area contributed by atoms with Crippen LogP contribution in [0.25, 0.3) is 0 Å². The summed E-state index contributed by atoms with van der Waals surface area (Å²) in [6.45, 7) is 3.69. The van der Waals surface area contributed by atoms with E-state index in [2.05, 4.69) is 14.9 Å². The summed E-state index contributed by atoms with van der Waals surface area (Å²) < 4.78 is 5.24. The van der Waals surface area contributed by atoms with Crippen LogP contribution in [0.3, 0.4) is 0 Å². The molecular formula is C18H22N4O2. The highest BCUT2D eigenvalue weighted by Gasteiger charge is 2.34. The second-order valence-corrected chi connectivity index (χ2v) is 6.65. The molecule has 0 saturated carbocycles. The van der Waals surface area contributed by atoms with Crippen LogP contribution in [-0.4, -0.2) is 47.0 Å². The van der Waals surface area contributed by atoms with Gasteiger partial charge in [0.1, 0.15) is 0 Å². The average molecular weight is 326 g/mol. The standard InChI is InChI=1S/C18H22N4O2/c23-17(16-3-1-12-24-16)22-11-6-15(13-22)14-4-9-21(10-5-14)18-19-7-2-8-20-18/h1-3,7-8,12,14-15H,4-6,9-11,13H2. The Morgan fingerprint density at radius 3 is 2.50 bits per heavy atom. The number of hydrogen-bond donors (Lipinski definition) is 0. The molecule has 0 spiro atoms. The second-order valence-electron chi connectivity index (χ2n) is 6.65. The van der Waals surface area contributed by atoms with Crippen LogP contribution < -0.4 is 4.90 Å². The molecule has 1 unspecified atom stereocenters. The molecule has 2 saturated heterocycles. The number of carbonyl (C=O) groups excluding carboxylic acids is 1. The first-order chi connectivity index (χ1) is 11.8. The molecule has 2 aliphatic rings. The van der Waals surface area contributed by atoms with Gasteiger partial charge in [-0.05, 0) is 49.3 Å². The van der Waals surface area contributed by atoms with E-state index in [0.717, 1.165) is 51.4 Å². The highest BCUT2D eigenvalue weighted by atomic mass is 16.3. The highest BCUT2D eigenvalue weighted by Crippen LogP contribution is 2.33. The van der Waals surface area contributed by atoms with Crippen molar-refractivity contribution in [3.63, 3.8) is 0 Å². The molecule has 6 nitrogen and oxygen atoms in total. The normalized spacial score (nSPS) is 22.1. The van der Waals surface area contributed by atoms with E-state index < -0.39 is 0 Å². The average Bonchev–Trinajstić information content (AvgIpc) is 3.34. The van der Waals surface area contributed by atoms with Crippen molar-refractivity contribution in [1.82, 2.24) is 14.9 Å². The van der Waals surface area contributed by atoms with Gasteiger partial charge in [-0.15, -0.1) is 0 Å². The summed E-state index contributed by atoms with van der Waals surface area (Å²) in [6, 6.07) is 5.36. The minimum absolute atomic E-state index is 0.0256. The van der Waals surface area contributed by atoms with E-state index in [9.17, 15) is 4.79 Å². The zero-order valence-electron chi connectivity index (χ0n) is 13.7. The summed E-state index contributed by atoms with van der Waals surface area (Å²) in [6.07, 6.45) is 8.53. The van der Waals surface area contributed by atoms with E-state index in [1.165, 1.54) is 0 Å². The minimum atomic E-state index is 0.0256. The predicted octanol–water partition coefficient (Wildman–Crippen LogP) is 2.45. The van der Waals surface area contributed by atoms with Crippen molar-refractivity contribution >= 4 is 11.9 Å². The van der Waals surface area contributed by atoms with Crippen LogP contribution in [0.15, 0.2) is 41.3 Å². The molecule has 24 heavy (non-hydrogen) atoms. The third-order valence-corrected chi connectivity index (χ3v) is 5.29. The molecule has 4 rings (SSSR count). The third-order valence-electron chi connectivity index (χ3n) is 5.29. The molecule has 0 N–H and O–H groups in total. The Kier molecular flexibility index (Phi) is 4.19. The first-order valence-electron chi connectivity index (χ1n) is 8.66. The fourth-order valence-corrected chi connectivity index (χ4v) is 3.94. The lowest BCUT2D eigenvalue weighted by atomic mass is 9.84. The number of piperidine rings is 1. The van der Waals surface area contributed by atoms with Crippen molar-refractivity contribution in [1.29, 1.82) is 0 Å². The highest BCUT2D eigenvalue weighted by molar-refractivity contribution is 5.91. The van der Waals surface area contributed by atoms with Gasteiger partial charge in [0, 0.05) is 38.6 Å². The van der Waals surface area contributed by atoms with E-state index >= 15 is 0 Å². The Hall–Kier alpha value is -2.37. The van der Waals surface area contributed by atoms with E-state index in [0.29, 0.717) is 17.6 Å². The maximum Gasteiger partial charge on any atom is 0.289 e. The molecular weight excluding hydrogens is 304 g/mol. The molecule has 2 aliphatic heterocycles. The third kappa shape index (κ3) is 3.00. The predicted molar refractivity (Wildman–Crippen MR) is 89.7 cm³/mol. The number of rotatable bonds is 3. The fourth-order valence-electron chi connectivity index (χ4n) is 3.94. The van der Waals surface area contributed by atoms with Crippen molar-refractivity contribution < 1.29 is 9.21 Å². The Labute approximate surface area is 141 Å². The molecule has 0 radical (unpaired) electrons. The van der Waals surface area contributed by atoms with Gasteiger partial charge in [-0.2, -0.15) is 0 Å². The topological polar surface area (TPSA) is 62.5 Å². The number of carbonyl (C=O) groups is 1. The summed E-state index contributed by atoms with van der Waals surface area (Å²) in [4.78, 5) is 25.3. The van der Waals surface area contributed by atoms with Gasteiger partial charge in [-0.1, -0.05) is 0 Å². The lowest BCUT2D eigenvalue weighted by Gasteiger charge is -2.34. The van der Waals surface area contributed by atoms with Crippen molar-refractivity contribution in [3.05, 3.63) is 42.6 Å². The van der Waals surface area contributed by atoms with Crippen molar-refractivity contribution in [2.24, 2.45) is 11.8 Å². The Morgan fingerprint density at radius 2 is 1.79 bits per heavy atom. The largest absolute Gasteiger partial charge is 0.459 e. The monoisotopic (exact) mass is 326 g/mol. The second kappa shape index (κ2) is 6.63. The number of likely N-dealkylation sites (tertiary alicyclic amines) is 1. The molecule has 2 aromatic heterocycles. The number of aromatic nitrogens is 2. The molecule has 0 aliphatic carbocycles. The van der Waals surface area contributed by atoms with Crippen LogP contribution in [0.4, 0.5) is 5.95 Å². The van der Waals surface area contributed by atoms with E-state index in [1.807, 2.05) is 11.0 Å². The maximum absolute atomic E-state index is 12.4. The van der Waals surface area contributed by atoms with Crippen LogP contribution in [0.2, 0.25) is 0 Å². The van der Waals surface area contributed by atoms with E-state index in [4.69, 9.17) is 4.42 Å². The van der Waals surface area contributed by atoms with Gasteiger partial charge in [0.2, 0.25) is 5.95 Å². The van der Waals surface area contributed by atoms with E-state index in [-0.39, 0.29) is 5.91 Å². The first-order valence-corrected chi connectivity index (χ1v) is 8.66. The van der Waals surface area contributed by atoms with Crippen LogP contribution in [0.5, 0.6) is 0 Å². The maximum atomic E-state index is 12.4. The van der Waals surface area contributed by atoms with Crippen LogP contribution in [0.1, 0.15) is 29.8 Å². The number of anilines is 1. The molecule has 4 heterocycles. The minimum Gasteiger partial charge on any atom is -0.459 e. The Bertz CT molecular complexity index is 666.